The van der Waals surface area contributed by atoms with E-state index in [1.807, 2.05) is 0 Å². The van der Waals surface area contributed by atoms with Crippen molar-refractivity contribution >= 4 is 0 Å². The fourth-order valence-electron chi connectivity index (χ4n) is 2.87. The predicted molar refractivity (Wildman–Crippen MR) is 72.1 cm³/mol. The molecule has 1 atom stereocenters. The van der Waals surface area contributed by atoms with E-state index in [2.05, 4.69) is 20.8 Å². The minimum absolute atomic E-state index is 0.261. The lowest BCUT2D eigenvalue weighted by Gasteiger charge is -2.45. The Morgan fingerprint density at radius 1 is 1.12 bits per heavy atom. The molecule has 0 amide bonds. The van der Waals surface area contributed by atoms with Gasteiger partial charge in [-0.1, -0.05) is 40.0 Å². The van der Waals surface area contributed by atoms with Crippen LogP contribution in [0.25, 0.3) is 0 Å². The Morgan fingerprint density at radius 3 is 2.18 bits per heavy atom. The fourth-order valence-corrected chi connectivity index (χ4v) is 2.87. The Bertz CT molecular complexity index is 213. The van der Waals surface area contributed by atoms with Gasteiger partial charge in [0.2, 0.25) is 0 Å². The lowest BCUT2D eigenvalue weighted by atomic mass is 9.68. The van der Waals surface area contributed by atoms with Crippen molar-refractivity contribution in [1.82, 2.24) is 0 Å². The van der Waals surface area contributed by atoms with Crippen LogP contribution in [0.5, 0.6) is 0 Å². The van der Waals surface area contributed by atoms with Gasteiger partial charge in [-0.2, -0.15) is 0 Å². The van der Waals surface area contributed by atoms with Gasteiger partial charge in [0.05, 0.1) is 11.7 Å². The monoisotopic (exact) mass is 242 g/mol. The van der Waals surface area contributed by atoms with Crippen LogP contribution in [0.4, 0.5) is 0 Å². The van der Waals surface area contributed by atoms with Gasteiger partial charge in [-0.3, -0.25) is 0 Å². The topological polar surface area (TPSA) is 29.5 Å². The van der Waals surface area contributed by atoms with Gasteiger partial charge in [-0.15, -0.1) is 0 Å². The molecular weight excluding hydrogens is 212 g/mol. The zero-order chi connectivity index (χ0) is 12.9. The van der Waals surface area contributed by atoms with Crippen molar-refractivity contribution in [2.24, 2.45) is 5.41 Å². The summed E-state index contributed by atoms with van der Waals surface area (Å²) >= 11 is 0. The summed E-state index contributed by atoms with van der Waals surface area (Å²) in [7, 11) is 1.77. The highest BCUT2D eigenvalue weighted by Crippen LogP contribution is 2.44. The Balaban J connectivity index is 2.51. The van der Waals surface area contributed by atoms with E-state index >= 15 is 0 Å². The van der Waals surface area contributed by atoms with Gasteiger partial charge in [0.25, 0.3) is 0 Å². The third-order valence-corrected chi connectivity index (χ3v) is 4.54. The standard InChI is InChI=1S/C15H30O2/c1-5-6-7-8-13(16)15(17-4)11-9-14(2,3)10-12-15/h13,16H,5-12H2,1-4H3. The smallest absolute Gasteiger partial charge is 0.0936 e. The minimum Gasteiger partial charge on any atom is -0.390 e. The van der Waals surface area contributed by atoms with Crippen molar-refractivity contribution in [3.8, 4) is 0 Å². The number of rotatable bonds is 6. The van der Waals surface area contributed by atoms with Crippen molar-refractivity contribution in [2.75, 3.05) is 7.11 Å². The van der Waals surface area contributed by atoms with Crippen LogP contribution in [0.15, 0.2) is 0 Å². The molecule has 0 aromatic heterocycles. The molecule has 1 fully saturated rings. The van der Waals surface area contributed by atoms with E-state index in [0.29, 0.717) is 5.41 Å². The van der Waals surface area contributed by atoms with E-state index in [9.17, 15) is 5.11 Å². The summed E-state index contributed by atoms with van der Waals surface area (Å²) < 4.78 is 5.71. The Hall–Kier alpha value is -0.0800. The van der Waals surface area contributed by atoms with Gasteiger partial charge in [0.15, 0.2) is 0 Å². The summed E-state index contributed by atoms with van der Waals surface area (Å²) in [5.74, 6) is 0. The zero-order valence-corrected chi connectivity index (χ0v) is 12.1. The SMILES string of the molecule is CCCCCC(O)C1(OC)CCC(C)(C)CC1. The Morgan fingerprint density at radius 2 is 1.71 bits per heavy atom. The summed E-state index contributed by atoms with van der Waals surface area (Å²) in [4.78, 5) is 0. The molecule has 1 saturated carbocycles. The average molecular weight is 242 g/mol. The van der Waals surface area contributed by atoms with Crippen LogP contribution >= 0.6 is 0 Å². The molecule has 1 aliphatic rings. The first-order chi connectivity index (χ1) is 7.96. The number of aliphatic hydroxyl groups is 1. The summed E-state index contributed by atoms with van der Waals surface area (Å²) in [6.45, 7) is 6.83. The average Bonchev–Trinajstić information content (AvgIpc) is 2.30. The minimum atomic E-state index is -0.282. The number of unbranched alkanes of at least 4 members (excludes halogenated alkanes) is 2. The third-order valence-electron chi connectivity index (χ3n) is 4.54. The highest BCUT2D eigenvalue weighted by molar-refractivity contribution is 4.95. The molecule has 17 heavy (non-hydrogen) atoms. The van der Waals surface area contributed by atoms with E-state index in [1.165, 1.54) is 12.8 Å². The highest BCUT2D eigenvalue weighted by atomic mass is 16.5. The second-order valence-electron chi connectivity index (χ2n) is 6.44. The molecule has 0 aromatic carbocycles. The molecule has 0 aliphatic heterocycles. The zero-order valence-electron chi connectivity index (χ0n) is 12.1. The molecule has 0 radical (unpaired) electrons. The second-order valence-corrected chi connectivity index (χ2v) is 6.44. The molecule has 1 N–H and O–H groups in total. The molecule has 0 spiro atoms. The normalized spacial score (nSPS) is 24.5. The maximum Gasteiger partial charge on any atom is 0.0936 e. The van der Waals surface area contributed by atoms with Gasteiger partial charge < -0.3 is 9.84 Å². The summed E-state index contributed by atoms with van der Waals surface area (Å²) in [5, 5.41) is 10.4. The van der Waals surface area contributed by atoms with Crippen LogP contribution in [0, 0.1) is 5.41 Å². The molecule has 0 aromatic rings. The molecule has 1 rings (SSSR count). The quantitative estimate of drug-likeness (QED) is 0.715. The van der Waals surface area contributed by atoms with Gasteiger partial charge in [0, 0.05) is 7.11 Å². The lowest BCUT2D eigenvalue weighted by molar-refractivity contribution is -0.138. The van der Waals surface area contributed by atoms with Crippen molar-refractivity contribution in [2.45, 2.75) is 83.8 Å². The number of methoxy groups -OCH3 is 1. The molecule has 0 bridgehead atoms. The van der Waals surface area contributed by atoms with E-state index < -0.39 is 0 Å². The van der Waals surface area contributed by atoms with Crippen LogP contribution in [0.3, 0.4) is 0 Å². The van der Waals surface area contributed by atoms with Crippen molar-refractivity contribution in [1.29, 1.82) is 0 Å². The van der Waals surface area contributed by atoms with Gasteiger partial charge in [-0.05, 0) is 37.5 Å². The maximum atomic E-state index is 10.4. The largest absolute Gasteiger partial charge is 0.390 e. The lowest BCUT2D eigenvalue weighted by Crippen LogP contribution is -2.48. The molecule has 2 nitrogen and oxygen atoms in total. The number of aliphatic hydroxyl groups excluding tert-OH is 1. The number of hydrogen-bond acceptors (Lipinski definition) is 2. The predicted octanol–water partition coefficient (Wildman–Crippen LogP) is 3.91. The highest BCUT2D eigenvalue weighted by Gasteiger charge is 2.43. The van der Waals surface area contributed by atoms with E-state index in [-0.39, 0.29) is 11.7 Å². The molecule has 102 valence electrons. The number of hydrogen-bond donors (Lipinski definition) is 1. The molecule has 1 unspecified atom stereocenters. The maximum absolute atomic E-state index is 10.4. The molecular formula is C15H30O2. The Kier molecular flexibility index (Phi) is 5.46. The van der Waals surface area contributed by atoms with Crippen molar-refractivity contribution < 1.29 is 9.84 Å². The summed E-state index contributed by atoms with van der Waals surface area (Å²) in [6, 6.07) is 0. The van der Waals surface area contributed by atoms with Crippen molar-refractivity contribution in [3.05, 3.63) is 0 Å². The first-order valence-electron chi connectivity index (χ1n) is 7.19. The van der Waals surface area contributed by atoms with Crippen LogP contribution in [0.1, 0.15) is 72.1 Å². The van der Waals surface area contributed by atoms with Crippen LogP contribution in [0.2, 0.25) is 0 Å². The van der Waals surface area contributed by atoms with E-state index in [1.54, 1.807) is 7.11 Å². The van der Waals surface area contributed by atoms with Gasteiger partial charge in [-0.25, -0.2) is 0 Å². The second kappa shape index (κ2) is 6.19. The van der Waals surface area contributed by atoms with Crippen LogP contribution in [-0.4, -0.2) is 23.9 Å². The molecule has 1 aliphatic carbocycles. The first-order valence-corrected chi connectivity index (χ1v) is 7.19. The number of ether oxygens (including phenoxy) is 1. The molecule has 0 saturated heterocycles. The fraction of sp³-hybridized carbons (Fsp3) is 1.00. The van der Waals surface area contributed by atoms with E-state index in [4.69, 9.17) is 4.74 Å². The first kappa shape index (κ1) is 15.0. The van der Waals surface area contributed by atoms with E-state index in [0.717, 1.165) is 38.5 Å². The molecule has 0 heterocycles. The third kappa shape index (κ3) is 3.96. The summed E-state index contributed by atoms with van der Waals surface area (Å²) in [6.07, 6.45) is 8.47. The summed E-state index contributed by atoms with van der Waals surface area (Å²) in [5.41, 5.74) is 0.161. The Labute approximate surface area is 107 Å². The van der Waals surface area contributed by atoms with Gasteiger partial charge in [0.1, 0.15) is 0 Å². The van der Waals surface area contributed by atoms with Crippen molar-refractivity contribution in [3.63, 3.8) is 0 Å². The molecule has 2 heteroatoms. The van der Waals surface area contributed by atoms with Crippen LogP contribution < -0.4 is 0 Å². The van der Waals surface area contributed by atoms with Gasteiger partial charge >= 0.3 is 0 Å². The van der Waals surface area contributed by atoms with Crippen LogP contribution in [-0.2, 0) is 4.74 Å².